The summed E-state index contributed by atoms with van der Waals surface area (Å²) in [5, 5.41) is 0.833. The molecular formula is C9H14Cl8OSi3. The highest BCUT2D eigenvalue weighted by molar-refractivity contribution is 7.69. The lowest BCUT2D eigenvalue weighted by Crippen LogP contribution is -2.29. The van der Waals surface area contributed by atoms with E-state index in [1.807, 2.05) is 30.3 Å². The van der Waals surface area contributed by atoms with Crippen LogP contribution in [0.2, 0.25) is 13.1 Å². The van der Waals surface area contributed by atoms with Gasteiger partial charge in [-0.15, -0.1) is 88.6 Å². The fourth-order valence-electron chi connectivity index (χ4n) is 0.627. The van der Waals surface area contributed by atoms with Crippen LogP contribution in [0.4, 0.5) is 0 Å². The van der Waals surface area contributed by atoms with Gasteiger partial charge in [-0.3, -0.25) is 0 Å². The van der Waals surface area contributed by atoms with Gasteiger partial charge in [0, 0.05) is 7.11 Å². The third-order valence-corrected chi connectivity index (χ3v) is 6.05. The van der Waals surface area contributed by atoms with Crippen LogP contribution in [-0.4, -0.2) is 26.1 Å². The first-order valence-electron chi connectivity index (χ1n) is 5.28. The second-order valence-corrected chi connectivity index (χ2v) is 29.1. The summed E-state index contributed by atoms with van der Waals surface area (Å²) in [6, 6.07) is 4.48. The van der Waals surface area contributed by atoms with Crippen molar-refractivity contribution in [3.05, 3.63) is 30.3 Å². The van der Waals surface area contributed by atoms with Crippen LogP contribution in [-0.2, 0) is 4.43 Å². The van der Waals surface area contributed by atoms with Gasteiger partial charge in [0.25, 0.3) is 0 Å². The zero-order valence-electron chi connectivity index (χ0n) is 11.3. The van der Waals surface area contributed by atoms with E-state index in [9.17, 15) is 0 Å². The van der Waals surface area contributed by atoms with Crippen molar-refractivity contribution in [2.45, 2.75) is 13.1 Å². The summed E-state index contributed by atoms with van der Waals surface area (Å²) in [5.41, 5.74) is 0. The Balaban J connectivity index is 0. The van der Waals surface area contributed by atoms with Crippen molar-refractivity contribution in [1.82, 2.24) is 0 Å². The Bertz CT molecular complexity index is 367. The molecule has 1 aromatic rings. The molecule has 1 rings (SSSR count). The highest BCUT2D eigenvalue weighted by atomic mass is 35.8. The topological polar surface area (TPSA) is 9.23 Å². The van der Waals surface area contributed by atoms with Crippen LogP contribution >= 0.6 is 88.6 Å². The van der Waals surface area contributed by atoms with E-state index in [0.29, 0.717) is 0 Å². The standard InChI is InChI=1S/C6H5Cl3Si.C2H6Cl2OSi.CH3Cl3Si/c7-10(8,9)6-4-2-1-3-5-6;1-5-6(2,3)4;1-5(2,3)4/h1-5H;1-2H3;1H3. The number of rotatable bonds is 2. The average Bonchev–Trinajstić information content (AvgIpc) is 2.27. The summed E-state index contributed by atoms with van der Waals surface area (Å²) in [6.07, 6.45) is 0. The third kappa shape index (κ3) is 24.5. The first-order chi connectivity index (χ1) is 9.17. The predicted molar refractivity (Wildman–Crippen MR) is 109 cm³/mol. The second kappa shape index (κ2) is 11.7. The quantitative estimate of drug-likeness (QED) is 0.329. The van der Waals surface area contributed by atoms with Gasteiger partial charge in [0.1, 0.15) is 0 Å². The van der Waals surface area contributed by atoms with Gasteiger partial charge in [-0.05, 0) is 18.3 Å². The lowest BCUT2D eigenvalue weighted by molar-refractivity contribution is 0.433. The Morgan fingerprint density at radius 1 is 0.762 bits per heavy atom. The van der Waals surface area contributed by atoms with Crippen molar-refractivity contribution in [3.8, 4) is 0 Å². The van der Waals surface area contributed by atoms with Crippen LogP contribution in [0.5, 0.6) is 0 Å². The minimum Gasteiger partial charge on any atom is -0.396 e. The molecule has 1 aromatic carbocycles. The molecule has 0 saturated heterocycles. The van der Waals surface area contributed by atoms with Crippen molar-refractivity contribution >= 4 is 113 Å². The molecule has 0 saturated carbocycles. The van der Waals surface area contributed by atoms with Gasteiger partial charge in [-0.1, -0.05) is 30.3 Å². The third-order valence-electron chi connectivity index (χ3n) is 1.46. The zero-order valence-corrected chi connectivity index (χ0v) is 20.4. The summed E-state index contributed by atoms with van der Waals surface area (Å²) in [5.74, 6) is 0. The molecular weight excluding hydrogens is 492 g/mol. The molecule has 0 radical (unpaired) electrons. The molecule has 0 spiro atoms. The molecule has 0 bridgehead atoms. The maximum atomic E-state index is 5.73. The van der Waals surface area contributed by atoms with Crippen molar-refractivity contribution < 1.29 is 4.43 Å². The van der Waals surface area contributed by atoms with Crippen LogP contribution in [0, 0.1) is 0 Å². The molecule has 0 aromatic heterocycles. The molecule has 0 unspecified atom stereocenters. The zero-order chi connectivity index (χ0) is 17.3. The summed E-state index contributed by atoms with van der Waals surface area (Å²) < 4.78 is 4.61. The molecule has 0 aliphatic rings. The van der Waals surface area contributed by atoms with E-state index in [1.165, 1.54) is 7.11 Å². The summed E-state index contributed by atoms with van der Waals surface area (Å²) in [7, 11) is 1.51. The highest BCUT2D eigenvalue weighted by Crippen LogP contribution is 2.18. The predicted octanol–water partition coefficient (Wildman–Crippen LogP) is 6.50. The first-order valence-corrected chi connectivity index (χ1v) is 20.3. The molecule has 0 fully saturated rings. The minimum atomic E-state index is -2.62. The molecule has 0 aliphatic carbocycles. The SMILES string of the molecule is CO[Si](C)(Cl)Cl.C[Si](Cl)(Cl)Cl.Cl[Si](Cl)(Cl)c1ccccc1. The van der Waals surface area contributed by atoms with E-state index in [4.69, 9.17) is 88.6 Å². The second-order valence-electron chi connectivity index (χ2n) is 3.66. The number of hydrogen-bond acceptors (Lipinski definition) is 1. The molecule has 21 heavy (non-hydrogen) atoms. The Labute approximate surface area is 166 Å². The maximum Gasteiger partial charge on any atom is 0.386 e. The van der Waals surface area contributed by atoms with Crippen molar-refractivity contribution in [2.75, 3.05) is 7.11 Å². The Morgan fingerprint density at radius 3 is 1.19 bits per heavy atom. The number of halogens is 8. The molecule has 12 heteroatoms. The number of hydrogen-bond donors (Lipinski definition) is 0. The normalized spacial score (nSPS) is 11.8. The van der Waals surface area contributed by atoms with Gasteiger partial charge in [0.2, 0.25) is 0 Å². The molecule has 124 valence electrons. The molecule has 0 aliphatic heterocycles. The largest absolute Gasteiger partial charge is 0.396 e. The van der Waals surface area contributed by atoms with Gasteiger partial charge < -0.3 is 4.43 Å². The van der Waals surface area contributed by atoms with Gasteiger partial charge in [-0.25, -0.2) is 0 Å². The summed E-state index contributed by atoms with van der Waals surface area (Å²) in [6.45, 7) is 1.13. The van der Waals surface area contributed by atoms with Crippen LogP contribution in [0.3, 0.4) is 0 Å². The lowest BCUT2D eigenvalue weighted by Gasteiger charge is -2.05. The number of benzene rings is 1. The Kier molecular flexibility index (Phi) is 14.1. The monoisotopic (exact) mass is 502 g/mol. The van der Waals surface area contributed by atoms with E-state index >= 15 is 0 Å². The van der Waals surface area contributed by atoms with E-state index in [2.05, 4.69) is 4.43 Å². The van der Waals surface area contributed by atoms with Crippen LogP contribution in [0.25, 0.3) is 0 Å². The molecule has 1 nitrogen and oxygen atoms in total. The first kappa shape index (κ1) is 25.4. The highest BCUT2D eigenvalue weighted by Gasteiger charge is 2.27. The maximum absolute atomic E-state index is 5.73. The van der Waals surface area contributed by atoms with Crippen molar-refractivity contribution in [2.24, 2.45) is 0 Å². The van der Waals surface area contributed by atoms with Gasteiger partial charge >= 0.3 is 18.9 Å². The van der Waals surface area contributed by atoms with E-state index in [0.717, 1.165) is 5.19 Å². The molecule has 0 atom stereocenters. The Hall–Kier alpha value is 2.15. The van der Waals surface area contributed by atoms with Gasteiger partial charge in [0.15, 0.2) is 0 Å². The average molecular weight is 506 g/mol. The van der Waals surface area contributed by atoms with Crippen LogP contribution in [0.15, 0.2) is 30.3 Å². The summed E-state index contributed by atoms with van der Waals surface area (Å²) >= 11 is 43.6. The van der Waals surface area contributed by atoms with Crippen molar-refractivity contribution in [1.29, 1.82) is 0 Å². The van der Waals surface area contributed by atoms with E-state index in [1.54, 1.807) is 13.1 Å². The fourth-order valence-corrected chi connectivity index (χ4v) is 2.33. The van der Waals surface area contributed by atoms with E-state index in [-0.39, 0.29) is 0 Å². The van der Waals surface area contributed by atoms with Gasteiger partial charge in [-0.2, -0.15) is 0 Å². The molecule has 0 amide bonds. The minimum absolute atomic E-state index is 0.833. The summed E-state index contributed by atoms with van der Waals surface area (Å²) in [4.78, 5) is 0. The lowest BCUT2D eigenvalue weighted by atomic mass is 10.4. The molecule has 0 N–H and O–H groups in total. The van der Waals surface area contributed by atoms with Crippen LogP contribution < -0.4 is 5.19 Å². The van der Waals surface area contributed by atoms with Crippen LogP contribution in [0.1, 0.15) is 0 Å². The molecule has 0 heterocycles. The fraction of sp³-hybridized carbons (Fsp3) is 0.333. The van der Waals surface area contributed by atoms with E-state index < -0.39 is 18.9 Å². The van der Waals surface area contributed by atoms with Crippen molar-refractivity contribution in [3.63, 3.8) is 0 Å². The van der Waals surface area contributed by atoms with Gasteiger partial charge in [0.05, 0.1) is 0 Å². The smallest absolute Gasteiger partial charge is 0.386 e. The Morgan fingerprint density at radius 2 is 1.05 bits per heavy atom.